The highest BCUT2D eigenvalue weighted by Gasteiger charge is 2.18. The highest BCUT2D eigenvalue weighted by atomic mass is 16.6. The molecule has 26 heavy (non-hydrogen) atoms. The standard InChI is InChI=1S/C18H15N3O5/c1-3-12-5-4-6-14(9-12)20-17(22)11-19-18(23)13-7-8-16(26-2)15(10-13)21(24)25/h1,4-10H,11H2,2H3,(H,19,23)(H,20,22). The number of hydrogen-bond donors (Lipinski definition) is 2. The molecular formula is C18H15N3O5. The average Bonchev–Trinajstić information content (AvgIpc) is 2.65. The van der Waals surface area contributed by atoms with Crippen molar-refractivity contribution in [2.45, 2.75) is 0 Å². The maximum Gasteiger partial charge on any atom is 0.311 e. The SMILES string of the molecule is C#Cc1cccc(NC(=O)CNC(=O)c2ccc(OC)c([N+](=O)[O-])c2)c1. The van der Waals surface area contributed by atoms with Crippen molar-refractivity contribution in [3.05, 3.63) is 63.7 Å². The lowest BCUT2D eigenvalue weighted by molar-refractivity contribution is -0.385. The number of methoxy groups -OCH3 is 1. The zero-order valence-electron chi connectivity index (χ0n) is 13.8. The van der Waals surface area contributed by atoms with Crippen molar-refractivity contribution in [2.24, 2.45) is 0 Å². The van der Waals surface area contributed by atoms with E-state index in [2.05, 4.69) is 16.6 Å². The summed E-state index contributed by atoms with van der Waals surface area (Å²) in [4.78, 5) is 34.4. The van der Waals surface area contributed by atoms with Crippen LogP contribution in [-0.2, 0) is 4.79 Å². The molecule has 8 nitrogen and oxygen atoms in total. The van der Waals surface area contributed by atoms with Crippen molar-refractivity contribution in [1.29, 1.82) is 0 Å². The number of anilines is 1. The van der Waals surface area contributed by atoms with Crippen LogP contribution in [-0.4, -0.2) is 30.4 Å². The number of nitro groups is 1. The molecule has 0 aliphatic rings. The molecule has 0 aliphatic heterocycles. The second-order valence-corrected chi connectivity index (χ2v) is 5.10. The van der Waals surface area contributed by atoms with Crippen molar-refractivity contribution in [1.82, 2.24) is 5.32 Å². The third-order valence-corrected chi connectivity index (χ3v) is 3.36. The number of carbonyl (C=O) groups excluding carboxylic acids is 2. The van der Waals surface area contributed by atoms with Gasteiger partial charge >= 0.3 is 5.69 Å². The number of nitrogens with one attached hydrogen (secondary N) is 2. The van der Waals surface area contributed by atoms with Gasteiger partial charge in [0, 0.05) is 22.9 Å². The fourth-order valence-corrected chi connectivity index (χ4v) is 2.13. The van der Waals surface area contributed by atoms with Gasteiger partial charge in [0.15, 0.2) is 5.75 Å². The molecule has 0 aromatic heterocycles. The first kappa shape index (κ1) is 18.5. The first-order valence-electron chi connectivity index (χ1n) is 7.41. The predicted molar refractivity (Wildman–Crippen MR) is 95.0 cm³/mol. The summed E-state index contributed by atoms with van der Waals surface area (Å²) in [5.41, 5.74) is 0.812. The van der Waals surface area contributed by atoms with Gasteiger partial charge in [-0.1, -0.05) is 12.0 Å². The molecule has 2 N–H and O–H groups in total. The molecule has 0 radical (unpaired) electrons. The van der Waals surface area contributed by atoms with Gasteiger partial charge in [-0.25, -0.2) is 0 Å². The lowest BCUT2D eigenvalue weighted by Gasteiger charge is -2.08. The monoisotopic (exact) mass is 353 g/mol. The number of nitrogens with zero attached hydrogens (tertiary/aromatic N) is 1. The van der Waals surface area contributed by atoms with Crippen LogP contribution in [0.5, 0.6) is 5.75 Å². The number of terminal acetylenes is 1. The van der Waals surface area contributed by atoms with Crippen LogP contribution in [0.25, 0.3) is 0 Å². The maximum atomic E-state index is 12.1. The Labute approximate surface area is 149 Å². The van der Waals surface area contributed by atoms with Gasteiger partial charge in [-0.05, 0) is 30.3 Å². The minimum atomic E-state index is -0.652. The molecule has 2 rings (SSSR count). The Morgan fingerprint density at radius 2 is 2.04 bits per heavy atom. The molecule has 2 amide bonds. The fourth-order valence-electron chi connectivity index (χ4n) is 2.13. The van der Waals surface area contributed by atoms with E-state index in [0.717, 1.165) is 6.07 Å². The second kappa shape index (κ2) is 8.30. The van der Waals surface area contributed by atoms with Crippen LogP contribution in [0.2, 0.25) is 0 Å². The summed E-state index contributed by atoms with van der Waals surface area (Å²) >= 11 is 0. The number of carbonyl (C=O) groups is 2. The summed E-state index contributed by atoms with van der Waals surface area (Å²) in [6, 6.07) is 10.5. The molecule has 8 heteroatoms. The largest absolute Gasteiger partial charge is 0.490 e. The van der Waals surface area contributed by atoms with Gasteiger partial charge in [-0.3, -0.25) is 19.7 Å². The minimum absolute atomic E-state index is 0.0395. The summed E-state index contributed by atoms with van der Waals surface area (Å²) in [6.45, 7) is -0.307. The Bertz CT molecular complexity index is 902. The zero-order valence-corrected chi connectivity index (χ0v) is 13.8. The van der Waals surface area contributed by atoms with E-state index in [1.807, 2.05) is 0 Å². The van der Waals surface area contributed by atoms with Gasteiger partial charge in [0.1, 0.15) is 0 Å². The van der Waals surface area contributed by atoms with Crippen LogP contribution in [0.4, 0.5) is 11.4 Å². The van der Waals surface area contributed by atoms with Crippen LogP contribution >= 0.6 is 0 Å². The fraction of sp³-hybridized carbons (Fsp3) is 0.111. The van der Waals surface area contributed by atoms with Crippen LogP contribution in [0.15, 0.2) is 42.5 Å². The van der Waals surface area contributed by atoms with Gasteiger partial charge in [-0.15, -0.1) is 6.42 Å². The van der Waals surface area contributed by atoms with E-state index in [1.165, 1.54) is 19.2 Å². The van der Waals surface area contributed by atoms with Crippen LogP contribution in [0.3, 0.4) is 0 Å². The quantitative estimate of drug-likeness (QED) is 0.468. The molecule has 0 fully saturated rings. The summed E-state index contributed by atoms with van der Waals surface area (Å²) in [6.07, 6.45) is 5.29. The summed E-state index contributed by atoms with van der Waals surface area (Å²) < 4.78 is 4.87. The van der Waals surface area contributed by atoms with Crippen molar-refractivity contribution < 1.29 is 19.2 Å². The Morgan fingerprint density at radius 3 is 2.69 bits per heavy atom. The van der Waals surface area contributed by atoms with Gasteiger partial charge < -0.3 is 15.4 Å². The Balaban J connectivity index is 1.99. The van der Waals surface area contributed by atoms with E-state index < -0.39 is 16.7 Å². The number of hydrogen-bond acceptors (Lipinski definition) is 5. The first-order chi connectivity index (χ1) is 12.4. The number of nitro benzene ring substituents is 1. The Morgan fingerprint density at radius 1 is 1.27 bits per heavy atom. The summed E-state index contributed by atoms with van der Waals surface area (Å²) in [5.74, 6) is 1.40. The molecule has 132 valence electrons. The molecule has 0 heterocycles. The van der Waals surface area contributed by atoms with Crippen LogP contribution in [0.1, 0.15) is 15.9 Å². The summed E-state index contributed by atoms with van der Waals surface area (Å²) in [7, 11) is 1.29. The predicted octanol–water partition coefficient (Wildman–Crippen LogP) is 1.95. The first-order valence-corrected chi connectivity index (χ1v) is 7.41. The topological polar surface area (TPSA) is 111 Å². The van der Waals surface area contributed by atoms with E-state index in [0.29, 0.717) is 11.3 Å². The molecule has 0 aliphatic carbocycles. The Hall–Kier alpha value is -3.86. The molecule has 0 atom stereocenters. The normalized spacial score (nSPS) is 9.69. The molecule has 0 saturated heterocycles. The molecule has 0 bridgehead atoms. The molecule has 0 unspecified atom stereocenters. The average molecular weight is 353 g/mol. The highest BCUT2D eigenvalue weighted by molar-refractivity contribution is 5.99. The number of amides is 2. The van der Waals surface area contributed by atoms with Crippen molar-refractivity contribution in [3.63, 3.8) is 0 Å². The minimum Gasteiger partial charge on any atom is -0.490 e. The Kier molecular flexibility index (Phi) is 5.90. The summed E-state index contributed by atoms with van der Waals surface area (Å²) in [5, 5.41) is 16.0. The molecular weight excluding hydrogens is 338 g/mol. The van der Waals surface area contributed by atoms with E-state index in [4.69, 9.17) is 11.2 Å². The van der Waals surface area contributed by atoms with Crippen molar-refractivity contribution >= 4 is 23.2 Å². The molecule has 2 aromatic rings. The maximum absolute atomic E-state index is 12.1. The third-order valence-electron chi connectivity index (χ3n) is 3.36. The van der Waals surface area contributed by atoms with Crippen LogP contribution < -0.4 is 15.4 Å². The van der Waals surface area contributed by atoms with Gasteiger partial charge in [0.05, 0.1) is 18.6 Å². The van der Waals surface area contributed by atoms with Gasteiger partial charge in [0.25, 0.3) is 5.91 Å². The number of benzene rings is 2. The molecule has 0 spiro atoms. The van der Waals surface area contributed by atoms with E-state index >= 15 is 0 Å². The van der Waals surface area contributed by atoms with Gasteiger partial charge in [-0.2, -0.15) is 0 Å². The molecule has 0 saturated carbocycles. The highest BCUT2D eigenvalue weighted by Crippen LogP contribution is 2.27. The van der Waals surface area contributed by atoms with E-state index in [1.54, 1.807) is 24.3 Å². The zero-order chi connectivity index (χ0) is 19.1. The van der Waals surface area contributed by atoms with E-state index in [-0.39, 0.29) is 23.5 Å². The number of rotatable bonds is 6. The third kappa shape index (κ3) is 4.58. The van der Waals surface area contributed by atoms with Crippen LogP contribution in [0, 0.1) is 22.5 Å². The lowest BCUT2D eigenvalue weighted by atomic mass is 10.1. The van der Waals surface area contributed by atoms with Gasteiger partial charge in [0.2, 0.25) is 5.91 Å². The van der Waals surface area contributed by atoms with E-state index in [9.17, 15) is 19.7 Å². The van der Waals surface area contributed by atoms with Crippen molar-refractivity contribution in [2.75, 3.05) is 19.0 Å². The molecule has 2 aromatic carbocycles. The number of ether oxygens (including phenoxy) is 1. The second-order valence-electron chi connectivity index (χ2n) is 5.10. The smallest absolute Gasteiger partial charge is 0.311 e. The van der Waals surface area contributed by atoms with Crippen molar-refractivity contribution in [3.8, 4) is 18.1 Å². The lowest BCUT2D eigenvalue weighted by Crippen LogP contribution is -2.32.